The maximum atomic E-state index is 15.3. The van der Waals surface area contributed by atoms with Crippen LogP contribution in [0, 0.1) is 23.5 Å². The van der Waals surface area contributed by atoms with Crippen LogP contribution in [0.1, 0.15) is 54.7 Å². The number of aromatic nitrogens is 3. The Morgan fingerprint density at radius 3 is 2.55 bits per heavy atom. The first-order chi connectivity index (χ1) is 19.2. The van der Waals surface area contributed by atoms with Crippen molar-refractivity contribution >= 4 is 32.5 Å². The summed E-state index contributed by atoms with van der Waals surface area (Å²) in [4.78, 5) is 24.9. The van der Waals surface area contributed by atoms with Gasteiger partial charge in [0.25, 0.3) is 0 Å². The first kappa shape index (κ1) is 28.9. The minimum Gasteiger partial charge on any atom is -0.345 e. The van der Waals surface area contributed by atoms with Crippen molar-refractivity contribution in [1.29, 1.82) is 0 Å². The van der Waals surface area contributed by atoms with Crippen molar-refractivity contribution < 1.29 is 22.0 Å². The number of hydrogen-bond donors (Lipinski definition) is 3. The summed E-state index contributed by atoms with van der Waals surface area (Å²) in [6.45, 7) is 3.74. The third-order valence-electron chi connectivity index (χ3n) is 6.39. The van der Waals surface area contributed by atoms with Crippen LogP contribution in [0.15, 0.2) is 48.9 Å². The average molecular weight is 566 g/mol. The first-order valence-electron chi connectivity index (χ1n) is 12.8. The molecule has 0 saturated carbocycles. The molecule has 0 radical (unpaired) electrons. The third-order valence-corrected chi connectivity index (χ3v) is 7.87. The van der Waals surface area contributed by atoms with E-state index in [4.69, 9.17) is 0 Å². The molecule has 3 aromatic heterocycles. The van der Waals surface area contributed by atoms with Crippen LogP contribution in [-0.2, 0) is 10.0 Å². The van der Waals surface area contributed by atoms with Gasteiger partial charge in [-0.25, -0.2) is 27.2 Å². The summed E-state index contributed by atoms with van der Waals surface area (Å²) in [6, 6.07) is 7.42. The van der Waals surface area contributed by atoms with Crippen molar-refractivity contribution in [2.75, 3.05) is 17.5 Å². The maximum absolute atomic E-state index is 15.3. The van der Waals surface area contributed by atoms with Crippen LogP contribution in [0.25, 0.3) is 22.2 Å². The molecular weight excluding hydrogens is 536 g/mol. The molecule has 40 heavy (non-hydrogen) atoms. The Hall–Kier alpha value is -4.14. The van der Waals surface area contributed by atoms with Crippen LogP contribution in [0.3, 0.4) is 0 Å². The van der Waals surface area contributed by atoms with Gasteiger partial charge in [0.15, 0.2) is 5.82 Å². The molecule has 208 valence electrons. The molecule has 3 heterocycles. The summed E-state index contributed by atoms with van der Waals surface area (Å²) in [5, 5.41) is 3.55. The number of carbonyl (C=O) groups excluding carboxylic acids is 1. The first-order valence-corrected chi connectivity index (χ1v) is 14.5. The van der Waals surface area contributed by atoms with Gasteiger partial charge < -0.3 is 10.3 Å². The Kier molecular flexibility index (Phi) is 8.92. The predicted molar refractivity (Wildman–Crippen MR) is 151 cm³/mol. The summed E-state index contributed by atoms with van der Waals surface area (Å²) in [7, 11) is -1.96. The van der Waals surface area contributed by atoms with Gasteiger partial charge in [0.1, 0.15) is 17.2 Å². The average Bonchev–Trinajstić information content (AvgIpc) is 3.36. The van der Waals surface area contributed by atoms with E-state index in [0.717, 1.165) is 18.6 Å². The number of benzene rings is 1. The lowest BCUT2D eigenvalue weighted by Crippen LogP contribution is -2.23. The second-order valence-corrected chi connectivity index (χ2v) is 11.0. The number of sulfonamides is 1. The highest BCUT2D eigenvalue weighted by molar-refractivity contribution is 7.92. The molecule has 0 spiro atoms. The van der Waals surface area contributed by atoms with Crippen molar-refractivity contribution in [3.8, 4) is 23.0 Å². The van der Waals surface area contributed by atoms with Crippen molar-refractivity contribution in [2.24, 2.45) is 0 Å². The van der Waals surface area contributed by atoms with E-state index in [2.05, 4.69) is 43.8 Å². The number of anilines is 1. The maximum Gasteiger partial charge on any atom is 0.232 e. The predicted octanol–water partition coefficient (Wildman–Crippen LogP) is 5.03. The number of H-pyrrole nitrogens is 1. The lowest BCUT2D eigenvalue weighted by molar-refractivity contribution is 0.103. The van der Waals surface area contributed by atoms with Crippen molar-refractivity contribution in [3.05, 3.63) is 77.4 Å². The third kappa shape index (κ3) is 6.35. The second kappa shape index (κ2) is 12.4. The normalized spacial score (nSPS) is 12.1. The number of ketones is 1. The number of pyridine rings is 2. The lowest BCUT2D eigenvalue weighted by Gasteiger charge is -2.11. The van der Waals surface area contributed by atoms with Gasteiger partial charge in [-0.3, -0.25) is 9.52 Å². The van der Waals surface area contributed by atoms with E-state index in [0.29, 0.717) is 46.7 Å². The molecule has 1 unspecified atom stereocenters. The fourth-order valence-electron chi connectivity index (χ4n) is 4.16. The van der Waals surface area contributed by atoms with Crippen molar-refractivity contribution in [1.82, 2.24) is 20.3 Å². The number of halogens is 2. The molecule has 0 fully saturated rings. The van der Waals surface area contributed by atoms with Crippen LogP contribution in [0.5, 0.6) is 0 Å². The highest BCUT2D eigenvalue weighted by Crippen LogP contribution is 2.29. The number of fused-ring (bicyclic) bond motifs is 1. The van der Waals surface area contributed by atoms with Gasteiger partial charge in [-0.15, -0.1) is 0 Å². The number of hydrogen-bond acceptors (Lipinski definition) is 6. The fraction of sp³-hybridized carbons (Fsp3) is 0.276. The van der Waals surface area contributed by atoms with Gasteiger partial charge in [-0.05, 0) is 56.1 Å². The number of nitrogens with zero attached hydrogens (tertiary/aromatic N) is 2. The summed E-state index contributed by atoms with van der Waals surface area (Å²) in [5.41, 5.74) is 0.932. The monoisotopic (exact) mass is 565 g/mol. The van der Waals surface area contributed by atoms with Crippen LogP contribution >= 0.6 is 0 Å². The zero-order chi connectivity index (χ0) is 28.9. The summed E-state index contributed by atoms with van der Waals surface area (Å²) in [5.74, 6) is 2.57. The summed E-state index contributed by atoms with van der Waals surface area (Å²) >= 11 is 0. The SMILES string of the molecule is CCCS(=O)(=O)Nc1ccc(F)c(C(=O)c2c[nH]c3ncc(-c4ccc(C#CCC(CC)NC)nc4)cc23)c1F. The Morgan fingerprint density at radius 2 is 1.88 bits per heavy atom. The zero-order valence-corrected chi connectivity index (χ0v) is 23.1. The van der Waals surface area contributed by atoms with Gasteiger partial charge in [-0.2, -0.15) is 0 Å². The quantitative estimate of drug-likeness (QED) is 0.184. The molecule has 0 amide bonds. The number of carbonyl (C=O) groups is 1. The number of aromatic amines is 1. The number of nitrogens with one attached hydrogen (secondary N) is 3. The largest absolute Gasteiger partial charge is 0.345 e. The van der Waals surface area contributed by atoms with E-state index < -0.39 is 38.7 Å². The molecule has 8 nitrogen and oxygen atoms in total. The van der Waals surface area contributed by atoms with E-state index >= 15 is 4.39 Å². The highest BCUT2D eigenvalue weighted by atomic mass is 32.2. The fourth-order valence-corrected chi connectivity index (χ4v) is 5.30. The van der Waals surface area contributed by atoms with Crippen molar-refractivity contribution in [2.45, 2.75) is 39.2 Å². The molecule has 11 heteroatoms. The molecule has 4 aromatic rings. The van der Waals surface area contributed by atoms with Gasteiger partial charge in [0.2, 0.25) is 15.8 Å². The van der Waals surface area contributed by atoms with E-state index in [-0.39, 0.29) is 11.3 Å². The summed E-state index contributed by atoms with van der Waals surface area (Å²) in [6.07, 6.45) is 6.54. The minimum atomic E-state index is -3.86. The molecule has 0 saturated heterocycles. The van der Waals surface area contributed by atoms with Crippen LogP contribution in [0.4, 0.5) is 14.5 Å². The Labute approximate surface area is 231 Å². The molecule has 1 aromatic carbocycles. The van der Waals surface area contributed by atoms with Crippen LogP contribution in [-0.4, -0.2) is 48.0 Å². The van der Waals surface area contributed by atoms with E-state index in [1.165, 1.54) is 6.20 Å². The van der Waals surface area contributed by atoms with Gasteiger partial charge in [0, 0.05) is 53.1 Å². The molecule has 0 aliphatic heterocycles. The summed E-state index contributed by atoms with van der Waals surface area (Å²) < 4.78 is 56.3. The highest BCUT2D eigenvalue weighted by Gasteiger charge is 2.26. The Balaban J connectivity index is 1.64. The van der Waals surface area contributed by atoms with Gasteiger partial charge >= 0.3 is 0 Å². The van der Waals surface area contributed by atoms with E-state index in [1.807, 2.05) is 13.1 Å². The molecule has 0 aliphatic rings. The molecule has 0 aliphatic carbocycles. The van der Waals surface area contributed by atoms with Crippen LogP contribution < -0.4 is 10.0 Å². The Bertz CT molecular complexity index is 1700. The van der Waals surface area contributed by atoms with Gasteiger partial charge in [-0.1, -0.05) is 19.8 Å². The zero-order valence-electron chi connectivity index (χ0n) is 22.3. The molecular formula is C29H29F2N5O3S. The van der Waals surface area contributed by atoms with E-state index in [9.17, 15) is 17.6 Å². The topological polar surface area (TPSA) is 117 Å². The van der Waals surface area contributed by atoms with Gasteiger partial charge in [0.05, 0.1) is 17.0 Å². The number of rotatable bonds is 10. The molecule has 0 bridgehead atoms. The standard InChI is InChI=1S/C29H29F2N5O3S/c1-4-13-40(38,39)36-25-12-11-24(30)26(27(25)31)28(37)23-17-35-29-22(23)14-19(16-34-29)18-9-10-21(33-15-18)8-6-7-20(5-2)32-3/h9-12,14-17,20,32,36H,4-5,7,13H2,1-3H3,(H,34,35). The van der Waals surface area contributed by atoms with E-state index in [1.54, 1.807) is 31.5 Å². The molecule has 3 N–H and O–H groups in total. The van der Waals surface area contributed by atoms with Crippen LogP contribution in [0.2, 0.25) is 0 Å². The Morgan fingerprint density at radius 1 is 1.10 bits per heavy atom. The molecule has 1 atom stereocenters. The smallest absolute Gasteiger partial charge is 0.232 e. The molecule has 4 rings (SSSR count). The minimum absolute atomic E-state index is 0.0128. The lowest BCUT2D eigenvalue weighted by atomic mass is 10.00. The van der Waals surface area contributed by atoms with Crippen molar-refractivity contribution in [3.63, 3.8) is 0 Å². The second-order valence-electron chi connectivity index (χ2n) is 9.19.